The minimum Gasteiger partial charge on any atom is -0.396 e. The molecule has 3 heteroatoms. The molecule has 1 aliphatic carbocycles. The van der Waals surface area contributed by atoms with E-state index in [2.05, 4.69) is 12.1 Å². The van der Waals surface area contributed by atoms with Crippen molar-refractivity contribution in [2.24, 2.45) is 5.92 Å². The molecule has 0 aromatic heterocycles. The van der Waals surface area contributed by atoms with Crippen LogP contribution < -0.4 is 0 Å². The molecule has 0 spiro atoms. The van der Waals surface area contributed by atoms with Gasteiger partial charge in [0.15, 0.2) is 0 Å². The second-order valence-corrected chi connectivity index (χ2v) is 5.37. The van der Waals surface area contributed by atoms with E-state index in [0.29, 0.717) is 0 Å². The quantitative estimate of drug-likeness (QED) is 0.824. The Bertz CT molecular complexity index is 302. The summed E-state index contributed by atoms with van der Waals surface area (Å²) in [6, 6.07) is 10.1. The molecule has 0 bridgehead atoms. The van der Waals surface area contributed by atoms with Gasteiger partial charge < -0.3 is 10.2 Å². The Morgan fingerprint density at radius 2 is 1.93 bits per heavy atom. The first-order valence-corrected chi connectivity index (χ1v) is 6.18. The van der Waals surface area contributed by atoms with Gasteiger partial charge in [-0.3, -0.25) is 0 Å². The Kier molecular flexibility index (Phi) is 3.67. The molecule has 0 heterocycles. The van der Waals surface area contributed by atoms with Gasteiger partial charge in [0, 0.05) is 16.8 Å². The molecule has 1 aromatic carbocycles. The van der Waals surface area contributed by atoms with Crippen molar-refractivity contribution in [3.63, 3.8) is 0 Å². The molecule has 3 unspecified atom stereocenters. The number of rotatable bonds is 3. The zero-order chi connectivity index (χ0) is 10.7. The summed E-state index contributed by atoms with van der Waals surface area (Å²) in [6.45, 7) is 0.197. The van der Waals surface area contributed by atoms with Gasteiger partial charge in [0.2, 0.25) is 0 Å². The fourth-order valence-electron chi connectivity index (χ4n) is 2.02. The minimum absolute atomic E-state index is 0.197. The molecule has 15 heavy (non-hydrogen) atoms. The van der Waals surface area contributed by atoms with Gasteiger partial charge in [-0.2, -0.15) is 0 Å². The number of hydrogen-bond acceptors (Lipinski definition) is 3. The average Bonchev–Trinajstić information content (AvgIpc) is 2.61. The maximum absolute atomic E-state index is 9.82. The monoisotopic (exact) mass is 224 g/mol. The van der Waals surface area contributed by atoms with Crippen molar-refractivity contribution in [2.45, 2.75) is 29.1 Å². The van der Waals surface area contributed by atoms with Crippen molar-refractivity contribution in [3.8, 4) is 0 Å². The third-order valence-corrected chi connectivity index (χ3v) is 4.21. The zero-order valence-electron chi connectivity index (χ0n) is 8.54. The lowest BCUT2D eigenvalue weighted by Gasteiger charge is -2.13. The van der Waals surface area contributed by atoms with Crippen molar-refractivity contribution in [1.29, 1.82) is 0 Å². The van der Waals surface area contributed by atoms with E-state index in [1.165, 1.54) is 4.90 Å². The Balaban J connectivity index is 1.96. The molecule has 0 amide bonds. The third-order valence-electron chi connectivity index (χ3n) is 2.86. The van der Waals surface area contributed by atoms with E-state index in [-0.39, 0.29) is 23.9 Å². The second kappa shape index (κ2) is 5.01. The lowest BCUT2D eigenvalue weighted by Crippen LogP contribution is -2.14. The minimum atomic E-state index is -0.271. The molecular formula is C12H16O2S. The van der Waals surface area contributed by atoms with E-state index in [4.69, 9.17) is 5.11 Å². The number of aliphatic hydroxyl groups excluding tert-OH is 2. The highest BCUT2D eigenvalue weighted by Gasteiger charge is 2.32. The first kappa shape index (κ1) is 11.0. The Morgan fingerprint density at radius 3 is 2.53 bits per heavy atom. The predicted molar refractivity (Wildman–Crippen MR) is 61.9 cm³/mol. The van der Waals surface area contributed by atoms with Gasteiger partial charge in [-0.1, -0.05) is 18.2 Å². The largest absolute Gasteiger partial charge is 0.396 e. The molecule has 0 saturated heterocycles. The summed E-state index contributed by atoms with van der Waals surface area (Å²) in [7, 11) is 0. The van der Waals surface area contributed by atoms with E-state index < -0.39 is 0 Å². The predicted octanol–water partition coefficient (Wildman–Crippen LogP) is 1.91. The molecule has 1 aromatic rings. The molecule has 0 aliphatic heterocycles. The van der Waals surface area contributed by atoms with Gasteiger partial charge in [0.25, 0.3) is 0 Å². The zero-order valence-corrected chi connectivity index (χ0v) is 9.36. The highest BCUT2D eigenvalue weighted by atomic mass is 32.2. The van der Waals surface area contributed by atoms with Gasteiger partial charge in [-0.15, -0.1) is 11.8 Å². The first-order valence-electron chi connectivity index (χ1n) is 5.30. The maximum atomic E-state index is 9.82. The van der Waals surface area contributed by atoms with Gasteiger partial charge in [-0.05, 0) is 30.9 Å². The molecule has 2 nitrogen and oxygen atoms in total. The fourth-order valence-corrected chi connectivity index (χ4v) is 3.33. The fraction of sp³-hybridized carbons (Fsp3) is 0.500. The Hall–Kier alpha value is -0.510. The van der Waals surface area contributed by atoms with Crippen LogP contribution in [0.25, 0.3) is 0 Å². The molecule has 1 fully saturated rings. The van der Waals surface area contributed by atoms with Crippen molar-refractivity contribution in [2.75, 3.05) is 6.61 Å². The summed E-state index contributed by atoms with van der Waals surface area (Å²) in [6.07, 6.45) is 1.38. The van der Waals surface area contributed by atoms with Crippen molar-refractivity contribution in [3.05, 3.63) is 30.3 Å². The summed E-state index contributed by atoms with van der Waals surface area (Å²) in [5, 5.41) is 19.1. The lowest BCUT2D eigenvalue weighted by atomic mass is 10.1. The maximum Gasteiger partial charge on any atom is 0.0665 e. The molecule has 1 saturated carbocycles. The Labute approximate surface area is 94.3 Å². The van der Waals surface area contributed by atoms with Gasteiger partial charge in [0.1, 0.15) is 0 Å². The topological polar surface area (TPSA) is 40.5 Å². The van der Waals surface area contributed by atoms with E-state index in [1.807, 2.05) is 18.2 Å². The molecule has 1 aliphatic rings. The molecule has 2 rings (SSSR count). The molecule has 82 valence electrons. The average molecular weight is 224 g/mol. The molecule has 0 radical (unpaired) electrons. The summed E-state index contributed by atoms with van der Waals surface area (Å²) in [4.78, 5) is 1.19. The number of benzene rings is 1. The van der Waals surface area contributed by atoms with Crippen LogP contribution in [0.1, 0.15) is 12.8 Å². The van der Waals surface area contributed by atoms with Crippen molar-refractivity contribution >= 4 is 11.8 Å². The summed E-state index contributed by atoms with van der Waals surface area (Å²) < 4.78 is 0. The normalized spacial score (nSPS) is 30.7. The molecular weight excluding hydrogens is 208 g/mol. The smallest absolute Gasteiger partial charge is 0.0665 e. The van der Waals surface area contributed by atoms with Crippen LogP contribution in [0.4, 0.5) is 0 Å². The first-order chi connectivity index (χ1) is 7.29. The van der Waals surface area contributed by atoms with Crippen LogP contribution >= 0.6 is 11.8 Å². The number of thioether (sulfide) groups is 1. The lowest BCUT2D eigenvalue weighted by molar-refractivity contribution is 0.166. The van der Waals surface area contributed by atoms with Crippen LogP contribution in [-0.2, 0) is 0 Å². The van der Waals surface area contributed by atoms with Crippen LogP contribution in [0.3, 0.4) is 0 Å². The van der Waals surface area contributed by atoms with Crippen LogP contribution in [0.15, 0.2) is 35.2 Å². The van der Waals surface area contributed by atoms with Crippen LogP contribution in [0.2, 0.25) is 0 Å². The van der Waals surface area contributed by atoms with E-state index in [0.717, 1.165) is 12.8 Å². The van der Waals surface area contributed by atoms with E-state index >= 15 is 0 Å². The van der Waals surface area contributed by atoms with Gasteiger partial charge in [0.05, 0.1) is 6.10 Å². The molecule has 3 atom stereocenters. The van der Waals surface area contributed by atoms with Crippen molar-refractivity contribution in [1.82, 2.24) is 0 Å². The number of aliphatic hydroxyl groups is 2. The summed E-state index contributed by atoms with van der Waals surface area (Å²) in [5.41, 5.74) is 0. The standard InChI is InChI=1S/C12H16O2S/c13-8-9-6-11(14)12(7-9)15-10-4-2-1-3-5-10/h1-5,9,11-14H,6-8H2. The Morgan fingerprint density at radius 1 is 1.20 bits per heavy atom. The SMILES string of the molecule is OCC1CC(O)C(Sc2ccccc2)C1. The highest BCUT2D eigenvalue weighted by molar-refractivity contribution is 8.00. The second-order valence-electron chi connectivity index (χ2n) is 4.06. The molecule has 2 N–H and O–H groups in total. The number of hydrogen-bond donors (Lipinski definition) is 2. The van der Waals surface area contributed by atoms with E-state index in [9.17, 15) is 5.11 Å². The highest BCUT2D eigenvalue weighted by Crippen LogP contribution is 2.37. The third kappa shape index (κ3) is 2.74. The van der Waals surface area contributed by atoms with Crippen LogP contribution in [0.5, 0.6) is 0 Å². The van der Waals surface area contributed by atoms with Crippen LogP contribution in [0, 0.1) is 5.92 Å². The van der Waals surface area contributed by atoms with Crippen molar-refractivity contribution < 1.29 is 10.2 Å². The van der Waals surface area contributed by atoms with E-state index in [1.54, 1.807) is 11.8 Å². The van der Waals surface area contributed by atoms with Gasteiger partial charge >= 0.3 is 0 Å². The van der Waals surface area contributed by atoms with Gasteiger partial charge in [-0.25, -0.2) is 0 Å². The summed E-state index contributed by atoms with van der Waals surface area (Å²) >= 11 is 1.72. The summed E-state index contributed by atoms with van der Waals surface area (Å²) in [5.74, 6) is 0.279. The van der Waals surface area contributed by atoms with Crippen LogP contribution in [-0.4, -0.2) is 28.2 Å².